The summed E-state index contributed by atoms with van der Waals surface area (Å²) in [6, 6.07) is -0.605. The van der Waals surface area contributed by atoms with Gasteiger partial charge in [0.05, 0.1) is 5.92 Å². The van der Waals surface area contributed by atoms with E-state index in [2.05, 4.69) is 5.32 Å². The van der Waals surface area contributed by atoms with E-state index in [1.807, 2.05) is 0 Å². The molecule has 0 bridgehead atoms. The zero-order valence-electron chi connectivity index (χ0n) is 11.6. The number of carbonyl (C=O) groups excluding carboxylic acids is 1. The van der Waals surface area contributed by atoms with Gasteiger partial charge in [0.25, 0.3) is 0 Å². The number of urea groups is 1. The highest BCUT2D eigenvalue weighted by atomic mass is 16.4. The van der Waals surface area contributed by atoms with E-state index in [1.165, 1.54) is 0 Å². The average molecular weight is 272 g/mol. The van der Waals surface area contributed by atoms with Crippen molar-refractivity contribution in [2.45, 2.75) is 39.2 Å². The first-order valence-electron chi connectivity index (χ1n) is 6.84. The monoisotopic (exact) mass is 272 g/mol. The third-order valence-electron chi connectivity index (χ3n) is 3.83. The Morgan fingerprint density at radius 2 is 2.11 bits per heavy atom. The number of nitrogens with zero attached hydrogens (tertiary/aromatic N) is 1. The summed E-state index contributed by atoms with van der Waals surface area (Å²) < 4.78 is 0. The summed E-state index contributed by atoms with van der Waals surface area (Å²) in [5.41, 5.74) is 0. The number of rotatable bonds is 5. The van der Waals surface area contributed by atoms with Gasteiger partial charge in [-0.05, 0) is 39.0 Å². The van der Waals surface area contributed by atoms with Crippen LogP contribution in [0.1, 0.15) is 33.1 Å². The lowest BCUT2D eigenvalue weighted by Crippen LogP contribution is -2.50. The molecule has 0 radical (unpaired) electrons. The third-order valence-corrected chi connectivity index (χ3v) is 3.83. The molecule has 1 aliphatic heterocycles. The van der Waals surface area contributed by atoms with E-state index in [1.54, 1.807) is 18.7 Å². The number of likely N-dealkylation sites (tertiary alicyclic amines) is 1. The van der Waals surface area contributed by atoms with Crippen LogP contribution < -0.4 is 5.32 Å². The number of hydrogen-bond donors (Lipinski definition) is 3. The minimum Gasteiger partial charge on any atom is -0.481 e. The quantitative estimate of drug-likeness (QED) is 0.693. The summed E-state index contributed by atoms with van der Waals surface area (Å²) in [5, 5.41) is 20.6. The third kappa shape index (κ3) is 4.70. The van der Waals surface area contributed by atoms with E-state index in [0.717, 1.165) is 12.8 Å². The lowest BCUT2D eigenvalue weighted by atomic mass is 9.95. The molecule has 1 saturated heterocycles. The molecule has 3 atom stereocenters. The maximum absolute atomic E-state index is 12.0. The van der Waals surface area contributed by atoms with Crippen LogP contribution in [0.5, 0.6) is 0 Å². The molecule has 1 fully saturated rings. The lowest BCUT2D eigenvalue weighted by Gasteiger charge is -2.33. The molecule has 0 aliphatic carbocycles. The van der Waals surface area contributed by atoms with Gasteiger partial charge in [0, 0.05) is 25.7 Å². The number of carboxylic acid groups (broad SMARTS) is 1. The van der Waals surface area contributed by atoms with Gasteiger partial charge in [0.2, 0.25) is 0 Å². The predicted molar refractivity (Wildman–Crippen MR) is 70.8 cm³/mol. The Morgan fingerprint density at radius 3 is 2.68 bits per heavy atom. The molecule has 0 aromatic rings. The second-order valence-corrected chi connectivity index (χ2v) is 5.33. The Balaban J connectivity index is 2.46. The molecule has 3 unspecified atom stereocenters. The van der Waals surface area contributed by atoms with Crippen molar-refractivity contribution in [3.63, 3.8) is 0 Å². The maximum atomic E-state index is 12.0. The van der Waals surface area contributed by atoms with Crippen molar-refractivity contribution in [1.82, 2.24) is 10.2 Å². The van der Waals surface area contributed by atoms with Gasteiger partial charge in [-0.1, -0.05) is 0 Å². The highest BCUT2D eigenvalue weighted by Gasteiger charge is 2.26. The molecule has 1 heterocycles. The molecular formula is C13H24N2O4. The van der Waals surface area contributed by atoms with Crippen molar-refractivity contribution in [2.24, 2.45) is 11.8 Å². The van der Waals surface area contributed by atoms with Crippen LogP contribution in [-0.4, -0.2) is 52.9 Å². The topological polar surface area (TPSA) is 89.9 Å². The van der Waals surface area contributed by atoms with Gasteiger partial charge in [-0.15, -0.1) is 0 Å². The Morgan fingerprint density at radius 1 is 1.42 bits per heavy atom. The first-order chi connectivity index (χ1) is 8.95. The van der Waals surface area contributed by atoms with E-state index >= 15 is 0 Å². The fourth-order valence-electron chi connectivity index (χ4n) is 2.29. The van der Waals surface area contributed by atoms with Gasteiger partial charge in [-0.3, -0.25) is 4.79 Å². The van der Waals surface area contributed by atoms with Crippen LogP contribution in [0.4, 0.5) is 4.79 Å². The van der Waals surface area contributed by atoms with Crippen molar-refractivity contribution in [3.8, 4) is 0 Å². The largest absolute Gasteiger partial charge is 0.481 e. The number of amides is 2. The summed E-state index contributed by atoms with van der Waals surface area (Å²) in [6.45, 7) is 4.76. The molecule has 0 aromatic carbocycles. The molecule has 19 heavy (non-hydrogen) atoms. The number of aliphatic hydroxyl groups excluding tert-OH is 1. The number of hydrogen-bond acceptors (Lipinski definition) is 3. The minimum absolute atomic E-state index is 0.145. The molecule has 1 rings (SSSR count). The number of aliphatic carboxylic acids is 1. The van der Waals surface area contributed by atoms with E-state index < -0.39 is 17.9 Å². The molecule has 0 spiro atoms. The van der Waals surface area contributed by atoms with Crippen LogP contribution in [0.3, 0.4) is 0 Å². The van der Waals surface area contributed by atoms with E-state index in [4.69, 9.17) is 10.2 Å². The van der Waals surface area contributed by atoms with Gasteiger partial charge < -0.3 is 20.4 Å². The molecule has 6 nitrogen and oxygen atoms in total. The van der Waals surface area contributed by atoms with Crippen LogP contribution in [-0.2, 0) is 4.79 Å². The summed E-state index contributed by atoms with van der Waals surface area (Å²) >= 11 is 0. The second-order valence-electron chi connectivity index (χ2n) is 5.33. The van der Waals surface area contributed by atoms with Crippen LogP contribution in [0, 0.1) is 11.8 Å². The van der Waals surface area contributed by atoms with Gasteiger partial charge in [0.15, 0.2) is 0 Å². The fraction of sp³-hybridized carbons (Fsp3) is 0.846. The van der Waals surface area contributed by atoms with Crippen molar-refractivity contribution in [1.29, 1.82) is 0 Å². The number of nitrogens with one attached hydrogen (secondary N) is 1. The normalized spacial score (nSPS) is 22.7. The molecule has 110 valence electrons. The van der Waals surface area contributed by atoms with E-state index in [-0.39, 0.29) is 12.6 Å². The summed E-state index contributed by atoms with van der Waals surface area (Å²) in [7, 11) is 0. The SMILES string of the molecule is CC(NC(=O)N1CCCC(CCO)C1)C(C)C(=O)O. The number of carboxylic acids is 1. The van der Waals surface area contributed by atoms with Crippen molar-refractivity contribution in [2.75, 3.05) is 19.7 Å². The smallest absolute Gasteiger partial charge is 0.317 e. The zero-order valence-corrected chi connectivity index (χ0v) is 11.6. The maximum Gasteiger partial charge on any atom is 0.317 e. The highest BCUT2D eigenvalue weighted by molar-refractivity contribution is 5.76. The summed E-state index contributed by atoms with van der Waals surface area (Å²) in [4.78, 5) is 24.6. The van der Waals surface area contributed by atoms with E-state index in [9.17, 15) is 9.59 Å². The van der Waals surface area contributed by atoms with Gasteiger partial charge in [-0.25, -0.2) is 4.79 Å². The Labute approximate surface area is 113 Å². The fourth-order valence-corrected chi connectivity index (χ4v) is 2.29. The van der Waals surface area contributed by atoms with Crippen LogP contribution in [0.15, 0.2) is 0 Å². The molecule has 6 heteroatoms. The Hall–Kier alpha value is -1.30. The lowest BCUT2D eigenvalue weighted by molar-refractivity contribution is -0.141. The van der Waals surface area contributed by atoms with Gasteiger partial charge in [-0.2, -0.15) is 0 Å². The standard InChI is InChI=1S/C13H24N2O4/c1-9(12(17)18)10(2)14-13(19)15-6-3-4-11(8-15)5-7-16/h9-11,16H,3-8H2,1-2H3,(H,14,19)(H,17,18). The molecule has 3 N–H and O–H groups in total. The van der Waals surface area contributed by atoms with E-state index in [0.29, 0.717) is 25.4 Å². The summed E-state index contributed by atoms with van der Waals surface area (Å²) in [6.07, 6.45) is 2.68. The van der Waals surface area contributed by atoms with Crippen molar-refractivity contribution < 1.29 is 19.8 Å². The number of carbonyl (C=O) groups is 2. The van der Waals surface area contributed by atoms with Gasteiger partial charge >= 0.3 is 12.0 Å². The zero-order chi connectivity index (χ0) is 14.4. The minimum atomic E-state index is -0.912. The van der Waals surface area contributed by atoms with Crippen LogP contribution in [0.2, 0.25) is 0 Å². The van der Waals surface area contributed by atoms with Crippen LogP contribution in [0.25, 0.3) is 0 Å². The predicted octanol–water partition coefficient (Wildman–Crippen LogP) is 0.900. The second kappa shape index (κ2) is 7.33. The highest BCUT2D eigenvalue weighted by Crippen LogP contribution is 2.19. The van der Waals surface area contributed by atoms with Crippen molar-refractivity contribution >= 4 is 12.0 Å². The molecule has 2 amide bonds. The molecule has 1 aliphatic rings. The summed E-state index contributed by atoms with van der Waals surface area (Å²) in [5.74, 6) is -1.18. The molecular weight excluding hydrogens is 248 g/mol. The van der Waals surface area contributed by atoms with Crippen molar-refractivity contribution in [3.05, 3.63) is 0 Å². The molecule has 0 aromatic heterocycles. The average Bonchev–Trinajstić information content (AvgIpc) is 2.38. The Bertz CT molecular complexity index is 320. The van der Waals surface area contributed by atoms with Gasteiger partial charge in [0.1, 0.15) is 0 Å². The Kier molecular flexibility index (Phi) is 6.08. The first kappa shape index (κ1) is 15.8. The van der Waals surface area contributed by atoms with Crippen LogP contribution >= 0.6 is 0 Å². The molecule has 0 saturated carbocycles. The number of aliphatic hydroxyl groups is 1. The first-order valence-corrected chi connectivity index (χ1v) is 6.84. The number of piperidine rings is 1.